The normalized spacial score (nSPS) is 16.6. The average molecular weight is 361 g/mol. The fourth-order valence-electron chi connectivity index (χ4n) is 3.32. The molecule has 0 aliphatic carbocycles. The molecule has 0 radical (unpaired) electrons. The number of hydrogen-bond acceptors (Lipinski definition) is 3. The van der Waals surface area contributed by atoms with Crippen LogP contribution in [0.15, 0.2) is 35.3 Å². The smallest absolute Gasteiger partial charge is 0.191 e. The third kappa shape index (κ3) is 8.19. The largest absolute Gasteiger partial charge is 0.383 e. The maximum atomic E-state index is 5.17. The van der Waals surface area contributed by atoms with E-state index < -0.39 is 0 Å². The zero-order chi connectivity index (χ0) is 18.5. The third-order valence-electron chi connectivity index (χ3n) is 4.95. The quantitative estimate of drug-likeness (QED) is 0.382. The van der Waals surface area contributed by atoms with E-state index >= 15 is 0 Å². The first-order chi connectivity index (χ1) is 12.8. The van der Waals surface area contributed by atoms with Crippen molar-refractivity contribution in [3.05, 3.63) is 35.9 Å². The second-order valence-electron chi connectivity index (χ2n) is 7.01. The summed E-state index contributed by atoms with van der Waals surface area (Å²) in [4.78, 5) is 7.32. The van der Waals surface area contributed by atoms with Crippen LogP contribution in [0, 0.1) is 5.92 Å². The first kappa shape index (κ1) is 20.7. The van der Waals surface area contributed by atoms with Crippen LogP contribution >= 0.6 is 0 Å². The van der Waals surface area contributed by atoms with E-state index in [9.17, 15) is 0 Å². The van der Waals surface area contributed by atoms with Gasteiger partial charge in [0, 0.05) is 33.3 Å². The van der Waals surface area contributed by atoms with Crippen molar-refractivity contribution < 1.29 is 4.74 Å². The fraction of sp³-hybridized carbons (Fsp3) is 0.667. The van der Waals surface area contributed by atoms with Crippen molar-refractivity contribution >= 4 is 5.96 Å². The van der Waals surface area contributed by atoms with Crippen LogP contribution in [0.4, 0.5) is 0 Å². The number of ether oxygens (including phenoxy) is 1. The number of aryl methyl sites for hydroxylation is 1. The number of hydrogen-bond donors (Lipinski definition) is 2. The van der Waals surface area contributed by atoms with E-state index in [1.165, 1.54) is 31.5 Å². The van der Waals surface area contributed by atoms with Crippen LogP contribution in [0.1, 0.15) is 31.7 Å². The molecule has 1 heterocycles. The summed E-state index contributed by atoms with van der Waals surface area (Å²) in [5.74, 6) is 1.66. The van der Waals surface area contributed by atoms with Gasteiger partial charge >= 0.3 is 0 Å². The highest BCUT2D eigenvalue weighted by Crippen LogP contribution is 2.17. The average Bonchev–Trinajstić information content (AvgIpc) is 2.69. The highest BCUT2D eigenvalue weighted by Gasteiger charge is 2.18. The van der Waals surface area contributed by atoms with Crippen molar-refractivity contribution in [1.82, 2.24) is 15.5 Å². The van der Waals surface area contributed by atoms with E-state index in [0.717, 1.165) is 51.6 Å². The van der Waals surface area contributed by atoms with Gasteiger partial charge in [0.15, 0.2) is 5.96 Å². The van der Waals surface area contributed by atoms with Gasteiger partial charge in [0.1, 0.15) is 0 Å². The van der Waals surface area contributed by atoms with Gasteiger partial charge in [-0.05, 0) is 57.2 Å². The second kappa shape index (κ2) is 12.7. The van der Waals surface area contributed by atoms with Crippen molar-refractivity contribution in [2.45, 2.75) is 32.6 Å². The lowest BCUT2D eigenvalue weighted by molar-refractivity contribution is 0.121. The minimum absolute atomic E-state index is 0.702. The molecule has 1 fully saturated rings. The Labute approximate surface area is 159 Å². The summed E-state index contributed by atoms with van der Waals surface area (Å²) in [6.07, 6.45) is 4.70. The fourth-order valence-corrected chi connectivity index (χ4v) is 3.32. The van der Waals surface area contributed by atoms with Gasteiger partial charge in [-0.15, -0.1) is 0 Å². The third-order valence-corrected chi connectivity index (χ3v) is 4.95. The monoisotopic (exact) mass is 360 g/mol. The van der Waals surface area contributed by atoms with Gasteiger partial charge in [0.05, 0.1) is 6.61 Å². The minimum Gasteiger partial charge on any atom is -0.383 e. The first-order valence-corrected chi connectivity index (χ1v) is 10.1. The number of methoxy groups -OCH3 is 1. The lowest BCUT2D eigenvalue weighted by Gasteiger charge is -2.31. The molecule has 5 heteroatoms. The van der Waals surface area contributed by atoms with E-state index in [4.69, 9.17) is 9.73 Å². The predicted octanol–water partition coefficient (Wildman–Crippen LogP) is 2.53. The molecule has 146 valence electrons. The Bertz CT molecular complexity index is 498. The number of likely N-dealkylation sites (tertiary alicyclic amines) is 1. The number of guanidine groups is 1. The van der Waals surface area contributed by atoms with Gasteiger partial charge in [-0.25, -0.2) is 0 Å². The van der Waals surface area contributed by atoms with Crippen molar-refractivity contribution in [3.8, 4) is 0 Å². The molecule has 2 N–H and O–H groups in total. The number of benzene rings is 1. The summed E-state index contributed by atoms with van der Waals surface area (Å²) in [5, 5.41) is 6.85. The number of nitrogens with one attached hydrogen (secondary N) is 2. The minimum atomic E-state index is 0.702. The molecular formula is C21H36N4O. The molecule has 0 amide bonds. The summed E-state index contributed by atoms with van der Waals surface area (Å²) in [6, 6.07) is 10.7. The van der Waals surface area contributed by atoms with Gasteiger partial charge in [-0.3, -0.25) is 4.99 Å². The summed E-state index contributed by atoms with van der Waals surface area (Å²) >= 11 is 0. The summed E-state index contributed by atoms with van der Waals surface area (Å²) in [6.45, 7) is 9.13. The highest BCUT2D eigenvalue weighted by atomic mass is 16.5. The Morgan fingerprint density at radius 1 is 1.19 bits per heavy atom. The maximum Gasteiger partial charge on any atom is 0.191 e. The molecule has 26 heavy (non-hydrogen) atoms. The molecule has 1 aromatic rings. The zero-order valence-corrected chi connectivity index (χ0v) is 16.5. The molecule has 0 bridgehead atoms. The van der Waals surface area contributed by atoms with E-state index in [1.54, 1.807) is 7.11 Å². The molecule has 1 saturated heterocycles. The van der Waals surface area contributed by atoms with Gasteiger partial charge < -0.3 is 20.3 Å². The van der Waals surface area contributed by atoms with Gasteiger partial charge in [-0.2, -0.15) is 0 Å². The van der Waals surface area contributed by atoms with Crippen LogP contribution in [0.2, 0.25) is 0 Å². The van der Waals surface area contributed by atoms with E-state index in [0.29, 0.717) is 5.92 Å². The summed E-state index contributed by atoms with van der Waals surface area (Å²) < 4.78 is 5.17. The molecule has 1 aliphatic heterocycles. The first-order valence-electron chi connectivity index (χ1n) is 10.1. The Hall–Kier alpha value is -1.59. The molecule has 0 spiro atoms. The van der Waals surface area contributed by atoms with Gasteiger partial charge in [0.25, 0.3) is 0 Å². The highest BCUT2D eigenvalue weighted by molar-refractivity contribution is 5.79. The van der Waals surface area contributed by atoms with Crippen molar-refractivity contribution in [3.63, 3.8) is 0 Å². The number of piperidine rings is 1. The summed E-state index contributed by atoms with van der Waals surface area (Å²) in [5.41, 5.74) is 1.40. The van der Waals surface area contributed by atoms with Crippen LogP contribution < -0.4 is 10.6 Å². The van der Waals surface area contributed by atoms with Crippen LogP contribution in [-0.2, 0) is 11.2 Å². The molecule has 0 unspecified atom stereocenters. The molecule has 0 atom stereocenters. The van der Waals surface area contributed by atoms with Gasteiger partial charge in [0.2, 0.25) is 0 Å². The summed E-state index contributed by atoms with van der Waals surface area (Å²) in [7, 11) is 1.77. The van der Waals surface area contributed by atoms with Crippen LogP contribution in [0.5, 0.6) is 0 Å². The lowest BCUT2D eigenvalue weighted by atomic mass is 9.97. The Balaban J connectivity index is 1.66. The van der Waals surface area contributed by atoms with Crippen molar-refractivity contribution in [2.24, 2.45) is 10.9 Å². The lowest BCUT2D eigenvalue weighted by Crippen LogP contribution is -2.39. The standard InChI is InChI=1S/C21H36N4O/c1-3-22-21(23-13-7-10-19-8-5-4-6-9-19)24-18-20-11-14-25(15-12-20)16-17-26-2/h4-6,8-9,20H,3,7,10-18H2,1-2H3,(H2,22,23,24). The topological polar surface area (TPSA) is 48.9 Å². The maximum absolute atomic E-state index is 5.17. The molecule has 0 aromatic heterocycles. The number of nitrogens with zero attached hydrogens (tertiary/aromatic N) is 2. The Kier molecular flexibility index (Phi) is 10.1. The van der Waals surface area contributed by atoms with E-state index in [-0.39, 0.29) is 0 Å². The van der Waals surface area contributed by atoms with E-state index in [2.05, 4.69) is 52.8 Å². The van der Waals surface area contributed by atoms with Crippen molar-refractivity contribution in [1.29, 1.82) is 0 Å². The Morgan fingerprint density at radius 3 is 2.65 bits per heavy atom. The molecular weight excluding hydrogens is 324 g/mol. The zero-order valence-electron chi connectivity index (χ0n) is 16.5. The van der Waals surface area contributed by atoms with Crippen LogP contribution in [0.3, 0.4) is 0 Å². The second-order valence-corrected chi connectivity index (χ2v) is 7.01. The predicted molar refractivity (Wildman–Crippen MR) is 110 cm³/mol. The molecule has 5 nitrogen and oxygen atoms in total. The van der Waals surface area contributed by atoms with Crippen LogP contribution in [-0.4, -0.2) is 63.8 Å². The Morgan fingerprint density at radius 2 is 1.96 bits per heavy atom. The SMILES string of the molecule is CCNC(=NCC1CCN(CCOC)CC1)NCCCc1ccccc1. The molecule has 2 rings (SSSR count). The molecule has 0 saturated carbocycles. The van der Waals surface area contributed by atoms with Crippen molar-refractivity contribution in [2.75, 3.05) is 53.0 Å². The molecule has 1 aliphatic rings. The number of aliphatic imine (C=N–C) groups is 1. The van der Waals surface area contributed by atoms with E-state index in [1.807, 2.05) is 0 Å². The van der Waals surface area contributed by atoms with Crippen LogP contribution in [0.25, 0.3) is 0 Å². The van der Waals surface area contributed by atoms with Gasteiger partial charge in [-0.1, -0.05) is 30.3 Å². The number of rotatable bonds is 10. The molecule has 1 aromatic carbocycles.